The Morgan fingerprint density at radius 3 is 2.74 bits per heavy atom. The minimum absolute atomic E-state index is 0.219. The minimum atomic E-state index is -0.648. The molecule has 2 aliphatic rings. The van der Waals surface area contributed by atoms with Crippen molar-refractivity contribution in [2.75, 3.05) is 5.32 Å². The molecular weight excluding hydrogens is 458 g/mol. The van der Waals surface area contributed by atoms with Crippen LogP contribution in [0.15, 0.2) is 42.5 Å². The molecule has 9 nitrogen and oxygen atoms in total. The third kappa shape index (κ3) is 3.99. The summed E-state index contributed by atoms with van der Waals surface area (Å²) in [5.41, 5.74) is 3.93. The Morgan fingerprint density at radius 1 is 1.15 bits per heavy atom. The van der Waals surface area contributed by atoms with E-state index < -0.39 is 11.9 Å². The van der Waals surface area contributed by atoms with Crippen molar-refractivity contribution in [1.82, 2.24) is 20.1 Å². The van der Waals surface area contributed by atoms with E-state index in [1.807, 2.05) is 37.3 Å². The maximum Gasteiger partial charge on any atom is 0.329 e. The van der Waals surface area contributed by atoms with E-state index in [9.17, 15) is 19.2 Å². The average molecular weight is 480 g/mol. The summed E-state index contributed by atoms with van der Waals surface area (Å²) < 4.78 is 1.60. The van der Waals surface area contributed by atoms with Crippen LogP contribution >= 0.6 is 11.6 Å². The quantitative estimate of drug-likeness (QED) is 0.497. The molecule has 174 valence electrons. The number of anilines is 1. The summed E-state index contributed by atoms with van der Waals surface area (Å²) in [6, 6.07) is 11.6. The largest absolute Gasteiger partial charge is 0.334 e. The van der Waals surface area contributed by atoms with Gasteiger partial charge in [-0.25, -0.2) is 9.59 Å². The first-order valence-electron chi connectivity index (χ1n) is 10.9. The summed E-state index contributed by atoms with van der Waals surface area (Å²) >= 11 is 6.10. The van der Waals surface area contributed by atoms with Gasteiger partial charge in [-0.05, 0) is 54.8 Å². The van der Waals surface area contributed by atoms with Gasteiger partial charge in [0.15, 0.2) is 0 Å². The number of amides is 5. The highest BCUT2D eigenvalue weighted by Gasteiger charge is 2.39. The molecule has 34 heavy (non-hydrogen) atoms. The average Bonchev–Trinajstić information content (AvgIpc) is 3.30. The third-order valence-corrected chi connectivity index (χ3v) is 6.59. The van der Waals surface area contributed by atoms with Gasteiger partial charge in [-0.1, -0.05) is 23.7 Å². The van der Waals surface area contributed by atoms with E-state index in [0.717, 1.165) is 27.7 Å². The highest BCUT2D eigenvalue weighted by atomic mass is 35.5. The Balaban J connectivity index is 1.26. The standard InChI is InChI=1S/C24H22ClN5O4/c1-13-2-4-16(10-18(13)25)27-23(33)26-11-14-3-5-19-15(8-14)9-17-12-29(24(34)30(17)19)20-6-7-21(31)28-22(20)32/h2-5,8-10,20H,6-7,11-12H2,1H3,(H2,26,27,33)(H,28,31,32). The molecule has 1 fully saturated rings. The first kappa shape index (κ1) is 22.0. The molecule has 10 heteroatoms. The molecular formula is C24H22ClN5O4. The molecule has 1 saturated heterocycles. The Labute approximate surface area is 200 Å². The van der Waals surface area contributed by atoms with Crippen LogP contribution < -0.4 is 16.0 Å². The maximum atomic E-state index is 13.1. The monoisotopic (exact) mass is 479 g/mol. The zero-order valence-corrected chi connectivity index (χ0v) is 19.1. The van der Waals surface area contributed by atoms with Crippen LogP contribution in [-0.2, 0) is 22.7 Å². The van der Waals surface area contributed by atoms with Gasteiger partial charge >= 0.3 is 12.1 Å². The second-order valence-corrected chi connectivity index (χ2v) is 8.92. The number of rotatable bonds is 4. The van der Waals surface area contributed by atoms with Crippen LogP contribution in [-0.4, -0.2) is 39.4 Å². The number of hydrogen-bond acceptors (Lipinski definition) is 4. The summed E-state index contributed by atoms with van der Waals surface area (Å²) in [6.07, 6.45) is 0.544. The molecule has 3 aromatic rings. The summed E-state index contributed by atoms with van der Waals surface area (Å²) in [5, 5.41) is 9.33. The van der Waals surface area contributed by atoms with Crippen LogP contribution in [0.3, 0.4) is 0 Å². The van der Waals surface area contributed by atoms with E-state index in [2.05, 4.69) is 16.0 Å². The van der Waals surface area contributed by atoms with Crippen molar-refractivity contribution in [3.8, 4) is 0 Å². The van der Waals surface area contributed by atoms with Crippen LogP contribution in [0.2, 0.25) is 5.02 Å². The molecule has 1 atom stereocenters. The number of nitrogens with one attached hydrogen (secondary N) is 3. The lowest BCUT2D eigenvalue weighted by Crippen LogP contribution is -2.52. The number of aryl methyl sites for hydroxylation is 1. The van der Waals surface area contributed by atoms with E-state index in [-0.39, 0.29) is 24.4 Å². The highest BCUT2D eigenvalue weighted by Crippen LogP contribution is 2.30. The number of piperidine rings is 1. The Hall–Kier alpha value is -3.85. The molecule has 5 amide bonds. The number of halogens is 1. The van der Waals surface area contributed by atoms with Crippen molar-refractivity contribution in [3.63, 3.8) is 0 Å². The van der Waals surface area contributed by atoms with Crippen molar-refractivity contribution in [2.45, 2.75) is 38.9 Å². The number of imide groups is 1. The summed E-state index contributed by atoms with van der Waals surface area (Å²) in [5.74, 6) is -0.741. The summed E-state index contributed by atoms with van der Waals surface area (Å²) in [4.78, 5) is 50.5. The van der Waals surface area contributed by atoms with E-state index >= 15 is 0 Å². The molecule has 3 N–H and O–H groups in total. The maximum absolute atomic E-state index is 13.1. The smallest absolute Gasteiger partial charge is 0.329 e. The topological polar surface area (TPSA) is 113 Å². The van der Waals surface area contributed by atoms with Crippen LogP contribution in [0.25, 0.3) is 10.9 Å². The lowest BCUT2D eigenvalue weighted by molar-refractivity contribution is -0.136. The lowest BCUT2D eigenvalue weighted by atomic mass is 10.0. The number of fused-ring (bicyclic) bond motifs is 3. The predicted molar refractivity (Wildman–Crippen MR) is 126 cm³/mol. The minimum Gasteiger partial charge on any atom is -0.334 e. The van der Waals surface area contributed by atoms with Gasteiger partial charge in [0.2, 0.25) is 11.8 Å². The summed E-state index contributed by atoms with van der Waals surface area (Å²) in [7, 11) is 0. The Bertz CT molecular complexity index is 1360. The van der Waals surface area contributed by atoms with Gasteiger partial charge < -0.3 is 15.5 Å². The van der Waals surface area contributed by atoms with Gasteiger partial charge in [-0.15, -0.1) is 0 Å². The first-order chi connectivity index (χ1) is 16.3. The van der Waals surface area contributed by atoms with Crippen LogP contribution in [0, 0.1) is 6.92 Å². The van der Waals surface area contributed by atoms with Gasteiger partial charge in [-0.2, -0.15) is 0 Å². The zero-order valence-electron chi connectivity index (χ0n) is 18.4. The molecule has 0 bridgehead atoms. The van der Waals surface area contributed by atoms with Gasteiger partial charge in [-0.3, -0.25) is 19.5 Å². The van der Waals surface area contributed by atoms with Gasteiger partial charge in [0.25, 0.3) is 0 Å². The molecule has 0 saturated carbocycles. The van der Waals surface area contributed by atoms with Crippen molar-refractivity contribution in [3.05, 3.63) is 64.3 Å². The van der Waals surface area contributed by atoms with E-state index in [4.69, 9.17) is 11.6 Å². The second-order valence-electron chi connectivity index (χ2n) is 8.51. The van der Waals surface area contributed by atoms with E-state index in [0.29, 0.717) is 30.2 Å². The fourth-order valence-electron chi connectivity index (χ4n) is 4.40. The fourth-order valence-corrected chi connectivity index (χ4v) is 4.58. The highest BCUT2D eigenvalue weighted by molar-refractivity contribution is 6.31. The normalized spacial score (nSPS) is 17.6. The Morgan fingerprint density at radius 2 is 1.97 bits per heavy atom. The van der Waals surface area contributed by atoms with Crippen LogP contribution in [0.1, 0.15) is 29.7 Å². The van der Waals surface area contributed by atoms with Crippen molar-refractivity contribution in [1.29, 1.82) is 0 Å². The summed E-state index contributed by atoms with van der Waals surface area (Å²) in [6.45, 7) is 2.49. The number of nitrogens with zero attached hydrogens (tertiary/aromatic N) is 2. The molecule has 0 aliphatic carbocycles. The molecule has 2 aliphatic heterocycles. The molecule has 1 unspecified atom stereocenters. The van der Waals surface area contributed by atoms with Gasteiger partial charge in [0.1, 0.15) is 6.04 Å². The molecule has 2 aromatic carbocycles. The molecule has 0 spiro atoms. The van der Waals surface area contributed by atoms with E-state index in [1.54, 1.807) is 16.7 Å². The zero-order chi connectivity index (χ0) is 24.0. The number of aromatic nitrogens is 1. The predicted octanol–water partition coefficient (Wildman–Crippen LogP) is 3.51. The van der Waals surface area contributed by atoms with E-state index in [1.165, 1.54) is 4.90 Å². The lowest BCUT2D eigenvalue weighted by Gasteiger charge is -2.28. The Kier molecular flexibility index (Phi) is 5.49. The number of carbonyl (C=O) groups excluding carboxylic acids is 4. The molecule has 5 rings (SSSR count). The first-order valence-corrected chi connectivity index (χ1v) is 11.3. The van der Waals surface area contributed by atoms with Gasteiger partial charge in [0, 0.05) is 34.8 Å². The van der Waals surface area contributed by atoms with Crippen molar-refractivity contribution >= 4 is 52.1 Å². The second kappa shape index (κ2) is 8.49. The number of urea groups is 1. The van der Waals surface area contributed by atoms with Crippen LogP contribution in [0.4, 0.5) is 15.3 Å². The number of benzene rings is 2. The number of hydrogen-bond donors (Lipinski definition) is 3. The van der Waals surface area contributed by atoms with Crippen molar-refractivity contribution < 1.29 is 19.2 Å². The molecule has 0 radical (unpaired) electrons. The molecule has 1 aromatic heterocycles. The SMILES string of the molecule is Cc1ccc(NC(=O)NCc2ccc3c(c2)cc2n3C(=O)N(C3CCC(=O)NC3=O)C2)cc1Cl. The molecule has 3 heterocycles. The van der Waals surface area contributed by atoms with Crippen molar-refractivity contribution in [2.24, 2.45) is 0 Å². The number of carbonyl (C=O) groups is 4. The van der Waals surface area contributed by atoms with Gasteiger partial charge in [0.05, 0.1) is 12.1 Å². The fraction of sp³-hybridized carbons (Fsp3) is 0.250. The third-order valence-electron chi connectivity index (χ3n) is 6.18. The van der Waals surface area contributed by atoms with Crippen LogP contribution in [0.5, 0.6) is 0 Å².